The Bertz CT molecular complexity index is 917. The van der Waals surface area contributed by atoms with Crippen molar-refractivity contribution in [1.82, 2.24) is 0 Å². The SMILES string of the molecule is COc1ccc2c(c1)OCC(S(=O)(=O)c1ccc(C(C)(C)C)cc1)=C2. The normalized spacial score (nSPS) is 14.3. The molecule has 0 aromatic heterocycles. The largest absolute Gasteiger partial charge is 0.497 e. The molecule has 1 aliphatic heterocycles. The second-order valence-electron chi connectivity index (χ2n) is 7.08. The minimum Gasteiger partial charge on any atom is -0.497 e. The van der Waals surface area contributed by atoms with Crippen molar-refractivity contribution < 1.29 is 17.9 Å². The zero-order chi connectivity index (χ0) is 18.2. The number of rotatable bonds is 3. The van der Waals surface area contributed by atoms with E-state index < -0.39 is 9.84 Å². The minimum absolute atomic E-state index is 0.0174. The molecular formula is C20H22O4S. The Hall–Kier alpha value is -2.27. The zero-order valence-electron chi connectivity index (χ0n) is 14.9. The fourth-order valence-corrected chi connectivity index (χ4v) is 3.98. The summed E-state index contributed by atoms with van der Waals surface area (Å²) in [5, 5.41) is 0. The average molecular weight is 358 g/mol. The van der Waals surface area contributed by atoms with Crippen LogP contribution in [0, 0.1) is 0 Å². The van der Waals surface area contributed by atoms with Crippen molar-refractivity contribution >= 4 is 15.9 Å². The maximum atomic E-state index is 12.9. The van der Waals surface area contributed by atoms with Gasteiger partial charge in [-0.2, -0.15) is 0 Å². The van der Waals surface area contributed by atoms with Gasteiger partial charge in [0.2, 0.25) is 9.84 Å². The van der Waals surface area contributed by atoms with Gasteiger partial charge in [0.1, 0.15) is 18.1 Å². The highest BCUT2D eigenvalue weighted by Gasteiger charge is 2.25. The van der Waals surface area contributed by atoms with E-state index in [0.717, 1.165) is 11.1 Å². The zero-order valence-corrected chi connectivity index (χ0v) is 15.7. The van der Waals surface area contributed by atoms with E-state index in [9.17, 15) is 8.42 Å². The van der Waals surface area contributed by atoms with Crippen LogP contribution in [-0.4, -0.2) is 22.1 Å². The molecule has 0 atom stereocenters. The first kappa shape index (κ1) is 17.5. The molecule has 0 aliphatic carbocycles. The Morgan fingerprint density at radius 2 is 1.72 bits per heavy atom. The Labute approximate surface area is 149 Å². The molecule has 1 aliphatic rings. The van der Waals surface area contributed by atoms with Crippen LogP contribution in [-0.2, 0) is 15.3 Å². The molecule has 5 heteroatoms. The number of ether oxygens (including phenoxy) is 2. The van der Waals surface area contributed by atoms with Crippen LogP contribution in [0.25, 0.3) is 6.08 Å². The van der Waals surface area contributed by atoms with Crippen LogP contribution in [0.15, 0.2) is 52.3 Å². The highest BCUT2D eigenvalue weighted by Crippen LogP contribution is 2.34. The predicted octanol–water partition coefficient (Wildman–Crippen LogP) is 4.20. The third kappa shape index (κ3) is 3.42. The molecule has 2 aromatic rings. The number of sulfone groups is 1. The Balaban J connectivity index is 1.96. The second kappa shape index (κ2) is 6.23. The first-order valence-electron chi connectivity index (χ1n) is 8.09. The molecule has 1 heterocycles. The van der Waals surface area contributed by atoms with Gasteiger partial charge in [-0.3, -0.25) is 0 Å². The van der Waals surface area contributed by atoms with Crippen molar-refractivity contribution in [3.05, 3.63) is 58.5 Å². The van der Waals surface area contributed by atoms with E-state index in [0.29, 0.717) is 11.5 Å². The number of hydrogen-bond donors (Lipinski definition) is 0. The smallest absolute Gasteiger partial charge is 0.206 e. The van der Waals surface area contributed by atoms with Gasteiger partial charge < -0.3 is 9.47 Å². The first-order valence-corrected chi connectivity index (χ1v) is 9.57. The molecule has 3 rings (SSSR count). The van der Waals surface area contributed by atoms with Crippen molar-refractivity contribution in [2.75, 3.05) is 13.7 Å². The van der Waals surface area contributed by atoms with E-state index in [2.05, 4.69) is 20.8 Å². The van der Waals surface area contributed by atoms with Gasteiger partial charge in [-0.15, -0.1) is 0 Å². The lowest BCUT2D eigenvalue weighted by Gasteiger charge is -2.20. The lowest BCUT2D eigenvalue weighted by molar-refractivity contribution is 0.348. The van der Waals surface area contributed by atoms with Gasteiger partial charge in [0, 0.05) is 11.6 Å². The summed E-state index contributed by atoms with van der Waals surface area (Å²) < 4.78 is 36.6. The van der Waals surface area contributed by atoms with Gasteiger partial charge in [0.05, 0.1) is 16.9 Å². The molecular weight excluding hydrogens is 336 g/mol. The lowest BCUT2D eigenvalue weighted by Crippen LogP contribution is -2.16. The predicted molar refractivity (Wildman–Crippen MR) is 98.8 cm³/mol. The summed E-state index contributed by atoms with van der Waals surface area (Å²) in [5.74, 6) is 1.30. The van der Waals surface area contributed by atoms with E-state index in [1.807, 2.05) is 12.1 Å². The molecule has 0 N–H and O–H groups in total. The topological polar surface area (TPSA) is 52.6 Å². The van der Waals surface area contributed by atoms with E-state index in [1.54, 1.807) is 43.5 Å². The van der Waals surface area contributed by atoms with Gasteiger partial charge in [-0.1, -0.05) is 32.9 Å². The van der Waals surface area contributed by atoms with Crippen LogP contribution < -0.4 is 9.47 Å². The quantitative estimate of drug-likeness (QED) is 0.825. The second-order valence-corrected chi connectivity index (χ2v) is 9.08. The number of methoxy groups -OCH3 is 1. The van der Waals surface area contributed by atoms with Crippen LogP contribution >= 0.6 is 0 Å². The molecule has 2 aromatic carbocycles. The van der Waals surface area contributed by atoms with Crippen molar-refractivity contribution in [3.63, 3.8) is 0 Å². The summed E-state index contributed by atoms with van der Waals surface area (Å²) in [4.78, 5) is 0.543. The van der Waals surface area contributed by atoms with Gasteiger partial charge in [0.25, 0.3) is 0 Å². The van der Waals surface area contributed by atoms with Gasteiger partial charge in [0.15, 0.2) is 0 Å². The van der Waals surface area contributed by atoms with E-state index in [4.69, 9.17) is 9.47 Å². The first-order chi connectivity index (χ1) is 11.7. The monoisotopic (exact) mass is 358 g/mol. The Kier molecular flexibility index (Phi) is 4.37. The highest BCUT2D eigenvalue weighted by atomic mass is 32.2. The van der Waals surface area contributed by atoms with E-state index >= 15 is 0 Å². The molecule has 0 unspecified atom stereocenters. The highest BCUT2D eigenvalue weighted by molar-refractivity contribution is 7.95. The third-order valence-electron chi connectivity index (χ3n) is 4.28. The average Bonchev–Trinajstić information content (AvgIpc) is 2.60. The van der Waals surface area contributed by atoms with Crippen molar-refractivity contribution in [1.29, 1.82) is 0 Å². The van der Waals surface area contributed by atoms with Gasteiger partial charge in [-0.25, -0.2) is 8.42 Å². The van der Waals surface area contributed by atoms with Crippen LogP contribution in [0.5, 0.6) is 11.5 Å². The van der Waals surface area contributed by atoms with Crippen LogP contribution in [0.1, 0.15) is 31.9 Å². The number of benzene rings is 2. The van der Waals surface area contributed by atoms with Crippen LogP contribution in [0.4, 0.5) is 0 Å². The summed E-state index contributed by atoms with van der Waals surface area (Å²) in [7, 11) is -2.00. The maximum absolute atomic E-state index is 12.9. The molecule has 0 bridgehead atoms. The summed E-state index contributed by atoms with van der Waals surface area (Å²) in [6.45, 7) is 6.31. The van der Waals surface area contributed by atoms with Gasteiger partial charge >= 0.3 is 0 Å². The number of hydrogen-bond acceptors (Lipinski definition) is 4. The molecule has 0 fully saturated rings. The molecule has 0 amide bonds. The van der Waals surface area contributed by atoms with Crippen molar-refractivity contribution in [2.45, 2.75) is 31.1 Å². The summed E-state index contributed by atoms with van der Waals surface area (Å²) in [5.41, 5.74) is 1.81. The molecule has 0 radical (unpaired) electrons. The maximum Gasteiger partial charge on any atom is 0.206 e. The minimum atomic E-state index is -3.58. The fourth-order valence-electron chi connectivity index (χ4n) is 2.69. The summed E-state index contributed by atoms with van der Waals surface area (Å²) in [6, 6.07) is 12.4. The van der Waals surface area contributed by atoms with Crippen molar-refractivity contribution in [3.8, 4) is 11.5 Å². The van der Waals surface area contributed by atoms with Crippen molar-refractivity contribution in [2.24, 2.45) is 0 Å². The molecule has 25 heavy (non-hydrogen) atoms. The third-order valence-corrected chi connectivity index (χ3v) is 6.10. The molecule has 0 saturated carbocycles. The van der Waals surface area contributed by atoms with Crippen LogP contribution in [0.2, 0.25) is 0 Å². The lowest BCUT2D eigenvalue weighted by atomic mass is 9.87. The van der Waals surface area contributed by atoms with Crippen LogP contribution in [0.3, 0.4) is 0 Å². The Morgan fingerprint density at radius 3 is 2.32 bits per heavy atom. The molecule has 0 saturated heterocycles. The fraction of sp³-hybridized carbons (Fsp3) is 0.300. The molecule has 0 spiro atoms. The number of fused-ring (bicyclic) bond motifs is 1. The van der Waals surface area contributed by atoms with Gasteiger partial charge in [-0.05, 0) is 41.3 Å². The Morgan fingerprint density at radius 1 is 1.04 bits per heavy atom. The standard InChI is InChI=1S/C20H22O4S/c1-20(2,3)15-6-9-17(10-7-15)25(21,22)18-11-14-5-8-16(23-4)12-19(14)24-13-18/h5-12H,13H2,1-4H3. The molecule has 4 nitrogen and oxygen atoms in total. The molecule has 132 valence electrons. The van der Waals surface area contributed by atoms with E-state index in [-0.39, 0.29) is 21.8 Å². The summed E-state index contributed by atoms with van der Waals surface area (Å²) in [6.07, 6.45) is 1.67. The summed E-state index contributed by atoms with van der Waals surface area (Å²) >= 11 is 0. The van der Waals surface area contributed by atoms with E-state index in [1.165, 1.54) is 0 Å².